The van der Waals surface area contributed by atoms with Crippen LogP contribution in [-0.2, 0) is 6.42 Å². The van der Waals surface area contributed by atoms with Crippen LogP contribution in [0.1, 0.15) is 40.2 Å². The number of aromatic amines is 1. The molecule has 0 bridgehead atoms. The summed E-state index contributed by atoms with van der Waals surface area (Å²) in [5, 5.41) is 6.81. The Labute approximate surface area is 164 Å². The fourth-order valence-electron chi connectivity index (χ4n) is 3.35. The zero-order chi connectivity index (χ0) is 19.9. The van der Waals surface area contributed by atoms with Crippen molar-refractivity contribution in [3.63, 3.8) is 0 Å². The first-order valence-corrected chi connectivity index (χ1v) is 9.58. The van der Waals surface area contributed by atoms with Crippen LogP contribution in [0.15, 0.2) is 46.9 Å². The molecule has 0 aliphatic carbocycles. The van der Waals surface area contributed by atoms with Gasteiger partial charge in [-0.05, 0) is 70.9 Å². The fraction of sp³-hybridized carbons (Fsp3) is 0.364. The number of imidazole rings is 1. The third-order valence-electron chi connectivity index (χ3n) is 4.42. The monoisotopic (exact) mass is 377 g/mol. The predicted molar refractivity (Wildman–Crippen MR) is 115 cm³/mol. The van der Waals surface area contributed by atoms with Crippen molar-refractivity contribution in [1.82, 2.24) is 15.0 Å². The Morgan fingerprint density at radius 2 is 1.71 bits per heavy atom. The number of para-hydroxylation sites is 2. The van der Waals surface area contributed by atoms with Gasteiger partial charge in [-0.2, -0.15) is 4.98 Å². The van der Waals surface area contributed by atoms with Gasteiger partial charge in [0.05, 0.1) is 11.0 Å². The van der Waals surface area contributed by atoms with Gasteiger partial charge in [-0.3, -0.25) is 0 Å². The maximum absolute atomic E-state index is 5.81. The maximum Gasteiger partial charge on any atom is 0.296 e. The Bertz CT molecular complexity index is 1080. The highest BCUT2D eigenvalue weighted by Crippen LogP contribution is 2.25. The topological polar surface area (TPSA) is 78.8 Å². The number of H-pyrrole nitrogens is 1. The van der Waals surface area contributed by atoms with E-state index in [1.807, 2.05) is 24.3 Å². The first-order chi connectivity index (χ1) is 13.2. The molecule has 6 nitrogen and oxygen atoms in total. The van der Waals surface area contributed by atoms with E-state index in [-0.39, 0.29) is 11.1 Å². The average Bonchev–Trinajstić information content (AvgIpc) is 3.13. The van der Waals surface area contributed by atoms with Crippen molar-refractivity contribution in [2.75, 3.05) is 10.6 Å². The lowest BCUT2D eigenvalue weighted by molar-refractivity contribution is 0.519. The number of anilines is 2. The summed E-state index contributed by atoms with van der Waals surface area (Å²) in [6.45, 7) is 10.6. The van der Waals surface area contributed by atoms with Crippen LogP contribution < -0.4 is 10.6 Å². The molecule has 0 spiro atoms. The first-order valence-electron chi connectivity index (χ1n) is 9.58. The van der Waals surface area contributed by atoms with Crippen LogP contribution in [0.25, 0.3) is 22.1 Å². The van der Waals surface area contributed by atoms with Crippen molar-refractivity contribution in [3.8, 4) is 0 Å². The standard InChI is InChI=1S/C22H27N5O/c1-21(2,3)26-19-23-15-11-10-14(12-17(15)24-19)13-22(4,5)27-20-25-16-8-6-7-9-18(16)28-20/h6-12H,13H2,1-5H3,(H,25,27)(H2,23,24,26). The highest BCUT2D eigenvalue weighted by molar-refractivity contribution is 5.78. The molecule has 28 heavy (non-hydrogen) atoms. The zero-order valence-electron chi connectivity index (χ0n) is 17.1. The first kappa shape index (κ1) is 18.3. The zero-order valence-corrected chi connectivity index (χ0v) is 17.1. The van der Waals surface area contributed by atoms with E-state index in [0.717, 1.165) is 34.5 Å². The van der Waals surface area contributed by atoms with Gasteiger partial charge in [0.15, 0.2) is 5.58 Å². The molecule has 0 amide bonds. The highest BCUT2D eigenvalue weighted by Gasteiger charge is 2.21. The van der Waals surface area contributed by atoms with Gasteiger partial charge < -0.3 is 20.0 Å². The summed E-state index contributed by atoms with van der Waals surface area (Å²) in [5.74, 6) is 0.795. The second kappa shape index (κ2) is 6.55. The molecule has 0 unspecified atom stereocenters. The molecule has 146 valence electrons. The van der Waals surface area contributed by atoms with Crippen LogP contribution in [0, 0.1) is 0 Å². The molecule has 0 fully saturated rings. The number of benzene rings is 2. The second-order valence-electron chi connectivity index (χ2n) is 8.98. The Morgan fingerprint density at radius 1 is 0.929 bits per heavy atom. The summed E-state index contributed by atoms with van der Waals surface area (Å²) >= 11 is 0. The molecule has 0 aliphatic heterocycles. The van der Waals surface area contributed by atoms with Gasteiger partial charge in [-0.1, -0.05) is 18.2 Å². The summed E-state index contributed by atoms with van der Waals surface area (Å²) in [4.78, 5) is 12.5. The van der Waals surface area contributed by atoms with Crippen molar-refractivity contribution in [2.24, 2.45) is 0 Å². The number of nitrogens with one attached hydrogen (secondary N) is 3. The molecule has 0 saturated carbocycles. The van der Waals surface area contributed by atoms with Gasteiger partial charge in [0.2, 0.25) is 5.95 Å². The van der Waals surface area contributed by atoms with E-state index >= 15 is 0 Å². The molecule has 2 heterocycles. The van der Waals surface area contributed by atoms with E-state index < -0.39 is 0 Å². The van der Waals surface area contributed by atoms with Gasteiger partial charge in [-0.25, -0.2) is 4.98 Å². The van der Waals surface area contributed by atoms with E-state index in [1.54, 1.807) is 0 Å². The number of hydrogen-bond donors (Lipinski definition) is 3. The lowest BCUT2D eigenvalue weighted by Crippen LogP contribution is -2.33. The summed E-state index contributed by atoms with van der Waals surface area (Å²) in [5.41, 5.74) is 4.59. The van der Waals surface area contributed by atoms with E-state index in [2.05, 4.69) is 78.4 Å². The van der Waals surface area contributed by atoms with Crippen LogP contribution in [-0.4, -0.2) is 26.0 Å². The lowest BCUT2D eigenvalue weighted by atomic mass is 9.95. The minimum Gasteiger partial charge on any atom is -0.424 e. The van der Waals surface area contributed by atoms with Crippen LogP contribution in [0.4, 0.5) is 12.0 Å². The molecule has 3 N–H and O–H groups in total. The highest BCUT2D eigenvalue weighted by atomic mass is 16.4. The summed E-state index contributed by atoms with van der Waals surface area (Å²) in [6, 6.07) is 14.7. The van der Waals surface area contributed by atoms with Crippen LogP contribution in [0.5, 0.6) is 0 Å². The normalized spacial score (nSPS) is 12.6. The van der Waals surface area contributed by atoms with Crippen LogP contribution in [0.3, 0.4) is 0 Å². The number of hydrogen-bond acceptors (Lipinski definition) is 5. The number of nitrogens with zero attached hydrogens (tertiary/aromatic N) is 2. The van der Waals surface area contributed by atoms with E-state index in [4.69, 9.17) is 4.42 Å². The Balaban J connectivity index is 1.52. The number of fused-ring (bicyclic) bond motifs is 2. The third-order valence-corrected chi connectivity index (χ3v) is 4.42. The number of aromatic nitrogens is 3. The quantitative estimate of drug-likeness (QED) is 0.437. The van der Waals surface area contributed by atoms with Crippen molar-refractivity contribution in [1.29, 1.82) is 0 Å². The molecule has 0 saturated heterocycles. The average molecular weight is 377 g/mol. The Morgan fingerprint density at radius 3 is 2.46 bits per heavy atom. The molecular weight excluding hydrogens is 350 g/mol. The molecule has 2 aromatic heterocycles. The van der Waals surface area contributed by atoms with Crippen LogP contribution in [0.2, 0.25) is 0 Å². The van der Waals surface area contributed by atoms with Gasteiger partial charge >= 0.3 is 0 Å². The molecule has 0 radical (unpaired) electrons. The molecular formula is C22H27N5O. The van der Waals surface area contributed by atoms with E-state index in [0.29, 0.717) is 6.01 Å². The van der Waals surface area contributed by atoms with Gasteiger partial charge in [-0.15, -0.1) is 0 Å². The van der Waals surface area contributed by atoms with E-state index in [1.165, 1.54) is 5.56 Å². The summed E-state index contributed by atoms with van der Waals surface area (Å²) in [6.07, 6.45) is 0.822. The van der Waals surface area contributed by atoms with Crippen molar-refractivity contribution >= 4 is 34.1 Å². The maximum atomic E-state index is 5.81. The van der Waals surface area contributed by atoms with Gasteiger partial charge in [0.25, 0.3) is 6.01 Å². The molecule has 0 aliphatic rings. The van der Waals surface area contributed by atoms with Gasteiger partial charge in [0.1, 0.15) is 5.52 Å². The largest absolute Gasteiger partial charge is 0.424 e. The lowest BCUT2D eigenvalue weighted by Gasteiger charge is -2.25. The predicted octanol–water partition coefficient (Wildman–Crippen LogP) is 5.35. The van der Waals surface area contributed by atoms with Gasteiger partial charge in [0, 0.05) is 11.1 Å². The molecule has 2 aromatic carbocycles. The summed E-state index contributed by atoms with van der Waals surface area (Å²) in [7, 11) is 0. The second-order valence-corrected chi connectivity index (χ2v) is 8.98. The molecule has 4 aromatic rings. The minimum atomic E-state index is -0.221. The SMILES string of the molecule is CC(C)(C)Nc1nc2ccc(CC(C)(C)Nc3nc4ccccc4o3)cc2[nH]1. The molecule has 0 atom stereocenters. The van der Waals surface area contributed by atoms with Crippen molar-refractivity contribution in [2.45, 2.75) is 52.1 Å². The van der Waals surface area contributed by atoms with E-state index in [9.17, 15) is 0 Å². The fourth-order valence-corrected chi connectivity index (χ4v) is 3.35. The van der Waals surface area contributed by atoms with Crippen molar-refractivity contribution < 1.29 is 4.42 Å². The minimum absolute atomic E-state index is 0.0395. The smallest absolute Gasteiger partial charge is 0.296 e. The van der Waals surface area contributed by atoms with Crippen LogP contribution >= 0.6 is 0 Å². The molecule has 4 rings (SSSR count). The summed E-state index contributed by atoms with van der Waals surface area (Å²) < 4.78 is 5.81. The number of rotatable bonds is 5. The third kappa shape index (κ3) is 4.11. The Hall–Kier alpha value is -3.02. The molecule has 6 heteroatoms. The van der Waals surface area contributed by atoms with Crippen molar-refractivity contribution in [3.05, 3.63) is 48.0 Å². The Kier molecular flexibility index (Phi) is 4.29. The number of oxazole rings is 1.